The number of amides is 1. The molecule has 1 amide bonds. The quantitative estimate of drug-likeness (QED) is 0.679. The summed E-state index contributed by atoms with van der Waals surface area (Å²) in [7, 11) is 1.70. The number of hydrogen-bond acceptors (Lipinski definition) is 5. The SMILES string of the molecule is CO[C@H]1CCN(C(=O)c2ccc(-c3ccc4c(c3)CCC3(CCN(C5CCC5)CC3)O4)cn2)C1. The summed E-state index contributed by atoms with van der Waals surface area (Å²) in [6.07, 6.45) is 11.5. The van der Waals surface area contributed by atoms with Gasteiger partial charge in [-0.2, -0.15) is 0 Å². The molecular weight excluding hydrogens is 426 g/mol. The minimum Gasteiger partial charge on any atom is -0.487 e. The van der Waals surface area contributed by atoms with E-state index in [4.69, 9.17) is 9.47 Å². The number of fused-ring (bicyclic) bond motifs is 1. The Balaban J connectivity index is 1.11. The molecule has 2 saturated heterocycles. The van der Waals surface area contributed by atoms with Crippen LogP contribution in [0, 0.1) is 0 Å². The molecule has 0 bridgehead atoms. The van der Waals surface area contributed by atoms with Crippen LogP contribution in [0.5, 0.6) is 5.75 Å². The molecule has 4 heterocycles. The minimum absolute atomic E-state index is 0.0152. The third kappa shape index (κ3) is 4.11. The third-order valence-corrected chi connectivity index (χ3v) is 8.62. The van der Waals surface area contributed by atoms with Gasteiger partial charge in [0.05, 0.1) is 6.10 Å². The molecular formula is C28H35N3O3. The maximum atomic E-state index is 12.8. The molecule has 4 aliphatic rings. The normalized spacial score (nSPS) is 24.5. The maximum Gasteiger partial charge on any atom is 0.272 e. The molecule has 3 aliphatic heterocycles. The van der Waals surface area contributed by atoms with Gasteiger partial charge in [-0.05, 0) is 74.3 Å². The van der Waals surface area contributed by atoms with Gasteiger partial charge in [0.25, 0.3) is 5.91 Å². The summed E-state index contributed by atoms with van der Waals surface area (Å²) in [5.41, 5.74) is 3.97. The summed E-state index contributed by atoms with van der Waals surface area (Å²) >= 11 is 0. The van der Waals surface area contributed by atoms with E-state index in [2.05, 4.69) is 28.1 Å². The Labute approximate surface area is 202 Å². The second-order valence-electron chi connectivity index (χ2n) is 10.6. The van der Waals surface area contributed by atoms with Crippen molar-refractivity contribution in [3.8, 4) is 16.9 Å². The number of pyridine rings is 1. The van der Waals surface area contributed by atoms with E-state index in [0.29, 0.717) is 12.2 Å². The lowest BCUT2D eigenvalue weighted by Gasteiger charge is -2.48. The van der Waals surface area contributed by atoms with Crippen LogP contribution in [0.2, 0.25) is 0 Å². The number of methoxy groups -OCH3 is 1. The lowest BCUT2D eigenvalue weighted by molar-refractivity contribution is -0.0336. The second-order valence-corrected chi connectivity index (χ2v) is 10.6. The Morgan fingerprint density at radius 2 is 1.88 bits per heavy atom. The summed E-state index contributed by atoms with van der Waals surface area (Å²) in [5, 5.41) is 0. The van der Waals surface area contributed by atoms with Crippen molar-refractivity contribution >= 4 is 5.91 Å². The zero-order chi connectivity index (χ0) is 23.1. The van der Waals surface area contributed by atoms with Gasteiger partial charge in [0.2, 0.25) is 0 Å². The molecule has 180 valence electrons. The molecule has 6 rings (SSSR count). The summed E-state index contributed by atoms with van der Waals surface area (Å²) in [6.45, 7) is 3.73. The number of carbonyl (C=O) groups excluding carboxylic acids is 1. The van der Waals surface area contributed by atoms with E-state index in [0.717, 1.165) is 61.6 Å². The van der Waals surface area contributed by atoms with E-state index < -0.39 is 0 Å². The van der Waals surface area contributed by atoms with Crippen molar-refractivity contribution in [3.05, 3.63) is 47.8 Å². The van der Waals surface area contributed by atoms with E-state index >= 15 is 0 Å². The van der Waals surface area contributed by atoms with E-state index in [-0.39, 0.29) is 17.6 Å². The number of ether oxygens (including phenoxy) is 2. The molecule has 1 saturated carbocycles. The van der Waals surface area contributed by atoms with Gasteiger partial charge >= 0.3 is 0 Å². The lowest BCUT2D eigenvalue weighted by Crippen LogP contribution is -2.53. The zero-order valence-corrected chi connectivity index (χ0v) is 20.2. The first-order valence-electron chi connectivity index (χ1n) is 13.0. The van der Waals surface area contributed by atoms with Crippen molar-refractivity contribution < 1.29 is 14.3 Å². The molecule has 6 heteroatoms. The van der Waals surface area contributed by atoms with E-state index in [1.54, 1.807) is 7.11 Å². The highest BCUT2D eigenvalue weighted by Gasteiger charge is 2.41. The fourth-order valence-electron chi connectivity index (χ4n) is 6.06. The molecule has 1 aromatic heterocycles. The Bertz CT molecular complexity index is 1040. The van der Waals surface area contributed by atoms with Crippen LogP contribution in [0.3, 0.4) is 0 Å². The molecule has 0 radical (unpaired) electrons. The van der Waals surface area contributed by atoms with Gasteiger partial charge in [-0.15, -0.1) is 0 Å². The summed E-state index contributed by atoms with van der Waals surface area (Å²) in [4.78, 5) is 21.8. The Hall–Kier alpha value is -2.44. The van der Waals surface area contributed by atoms with Gasteiger partial charge in [0.15, 0.2) is 0 Å². The molecule has 34 heavy (non-hydrogen) atoms. The van der Waals surface area contributed by atoms with Crippen molar-refractivity contribution in [2.45, 2.75) is 69.1 Å². The van der Waals surface area contributed by atoms with Crippen molar-refractivity contribution in [2.75, 3.05) is 33.3 Å². The van der Waals surface area contributed by atoms with Gasteiger partial charge in [-0.25, -0.2) is 0 Å². The number of hydrogen-bond donors (Lipinski definition) is 0. The fraction of sp³-hybridized carbons (Fsp3) is 0.571. The van der Waals surface area contributed by atoms with E-state index in [1.807, 2.05) is 23.2 Å². The first-order valence-corrected chi connectivity index (χ1v) is 13.0. The minimum atomic E-state index is -0.0152. The molecule has 0 unspecified atom stereocenters. The monoisotopic (exact) mass is 461 g/mol. The van der Waals surface area contributed by atoms with Crippen LogP contribution in [-0.2, 0) is 11.2 Å². The summed E-state index contributed by atoms with van der Waals surface area (Å²) < 4.78 is 12.0. The highest BCUT2D eigenvalue weighted by atomic mass is 16.5. The van der Waals surface area contributed by atoms with Crippen LogP contribution in [0.4, 0.5) is 0 Å². The molecule has 1 spiro atoms. The first-order chi connectivity index (χ1) is 16.6. The molecule has 1 atom stereocenters. The van der Waals surface area contributed by atoms with Crippen LogP contribution in [0.25, 0.3) is 11.1 Å². The highest BCUT2D eigenvalue weighted by Crippen LogP contribution is 2.42. The predicted octanol–water partition coefficient (Wildman–Crippen LogP) is 4.32. The average molecular weight is 462 g/mol. The highest BCUT2D eigenvalue weighted by molar-refractivity contribution is 5.92. The largest absolute Gasteiger partial charge is 0.487 e. The maximum absolute atomic E-state index is 12.8. The Kier molecular flexibility index (Phi) is 5.82. The number of benzene rings is 1. The van der Waals surface area contributed by atoms with Crippen LogP contribution < -0.4 is 4.74 Å². The Morgan fingerprint density at radius 1 is 1.06 bits per heavy atom. The predicted molar refractivity (Wildman–Crippen MR) is 131 cm³/mol. The van der Waals surface area contributed by atoms with Crippen LogP contribution in [0.15, 0.2) is 36.5 Å². The van der Waals surface area contributed by atoms with Gasteiger partial charge in [0.1, 0.15) is 17.0 Å². The molecule has 3 fully saturated rings. The van der Waals surface area contributed by atoms with E-state index in [1.165, 1.54) is 37.9 Å². The van der Waals surface area contributed by atoms with Crippen molar-refractivity contribution in [1.82, 2.24) is 14.8 Å². The molecule has 1 aromatic carbocycles. The molecule has 2 aromatic rings. The number of likely N-dealkylation sites (tertiary alicyclic amines) is 2. The molecule has 6 nitrogen and oxygen atoms in total. The standard InChI is InChI=1S/C28H35N3O3/c1-33-24-10-14-31(19-24)27(32)25-7-5-22(18-29-25)20-6-8-26-21(17-20)9-11-28(34-26)12-15-30(16-13-28)23-3-2-4-23/h5-8,17-18,23-24H,2-4,9-16,19H2,1H3/t24-/m0/s1. The van der Waals surface area contributed by atoms with Crippen LogP contribution in [0.1, 0.15) is 61.0 Å². The van der Waals surface area contributed by atoms with Crippen molar-refractivity contribution in [1.29, 1.82) is 0 Å². The number of carbonyl (C=O) groups is 1. The number of rotatable bonds is 4. The third-order valence-electron chi connectivity index (χ3n) is 8.62. The number of aromatic nitrogens is 1. The van der Waals surface area contributed by atoms with Crippen molar-refractivity contribution in [2.24, 2.45) is 0 Å². The lowest BCUT2D eigenvalue weighted by atomic mass is 9.81. The zero-order valence-electron chi connectivity index (χ0n) is 20.2. The van der Waals surface area contributed by atoms with Gasteiger partial charge in [-0.3, -0.25) is 9.78 Å². The first kappa shape index (κ1) is 22.1. The van der Waals surface area contributed by atoms with Crippen LogP contribution in [-0.4, -0.2) is 71.7 Å². The molecule has 1 aliphatic carbocycles. The smallest absolute Gasteiger partial charge is 0.272 e. The van der Waals surface area contributed by atoms with E-state index in [9.17, 15) is 4.79 Å². The topological polar surface area (TPSA) is 54.9 Å². The van der Waals surface area contributed by atoms with Gasteiger partial charge < -0.3 is 19.3 Å². The average Bonchev–Trinajstić information content (AvgIpc) is 3.33. The number of piperidine rings is 1. The summed E-state index contributed by atoms with van der Waals surface area (Å²) in [6, 6.07) is 11.2. The second kappa shape index (κ2) is 8.97. The van der Waals surface area contributed by atoms with Gasteiger partial charge in [-0.1, -0.05) is 18.6 Å². The van der Waals surface area contributed by atoms with Crippen molar-refractivity contribution in [3.63, 3.8) is 0 Å². The molecule has 0 N–H and O–H groups in total. The summed E-state index contributed by atoms with van der Waals surface area (Å²) in [5.74, 6) is 1.03. The number of nitrogens with zero attached hydrogens (tertiary/aromatic N) is 3. The van der Waals surface area contributed by atoms with Gasteiger partial charge in [0, 0.05) is 51.1 Å². The Morgan fingerprint density at radius 3 is 2.56 bits per heavy atom. The fourth-order valence-corrected chi connectivity index (χ4v) is 6.06. The number of aryl methyl sites for hydroxylation is 1. The van der Waals surface area contributed by atoms with Crippen LogP contribution >= 0.6 is 0 Å².